The summed E-state index contributed by atoms with van der Waals surface area (Å²) in [5.74, 6) is 4.10. The molecular formula is C44H74O4. The van der Waals surface area contributed by atoms with Gasteiger partial charge in [-0.05, 0) is 124 Å². The summed E-state index contributed by atoms with van der Waals surface area (Å²) in [7, 11) is 1.55. The highest BCUT2D eigenvalue weighted by Crippen LogP contribution is 2.71. The van der Waals surface area contributed by atoms with Crippen LogP contribution in [0.3, 0.4) is 0 Å². The second-order valence-corrected chi connectivity index (χ2v) is 17.3. The van der Waals surface area contributed by atoms with Gasteiger partial charge in [0.05, 0.1) is 12.5 Å². The zero-order valence-electron chi connectivity index (χ0n) is 32.2. The van der Waals surface area contributed by atoms with Crippen molar-refractivity contribution in [3.05, 3.63) is 24.0 Å². The summed E-state index contributed by atoms with van der Waals surface area (Å²) < 4.78 is 11.6. The topological polar surface area (TPSA) is 52.6 Å². The number of fused-ring (bicyclic) bond motifs is 5. The van der Waals surface area contributed by atoms with E-state index in [1.54, 1.807) is 7.11 Å². The smallest absolute Gasteiger partial charge is 0.312 e. The van der Waals surface area contributed by atoms with Gasteiger partial charge in [0.2, 0.25) is 0 Å². The molecule has 4 rings (SSSR count). The van der Waals surface area contributed by atoms with Crippen LogP contribution in [-0.2, 0) is 19.1 Å². The van der Waals surface area contributed by atoms with E-state index in [1.165, 1.54) is 109 Å². The van der Waals surface area contributed by atoms with Crippen LogP contribution in [-0.4, -0.2) is 19.0 Å². The molecule has 0 aliphatic heterocycles. The second-order valence-electron chi connectivity index (χ2n) is 17.3. The largest absolute Gasteiger partial charge is 0.469 e. The van der Waals surface area contributed by atoms with Gasteiger partial charge >= 0.3 is 11.9 Å². The first-order chi connectivity index (χ1) is 23.2. The summed E-state index contributed by atoms with van der Waals surface area (Å²) in [6, 6.07) is 0. The molecule has 8 atom stereocenters. The van der Waals surface area contributed by atoms with Crippen molar-refractivity contribution in [3.63, 3.8) is 0 Å². The van der Waals surface area contributed by atoms with Crippen molar-refractivity contribution >= 4 is 11.9 Å². The number of rotatable bonds is 20. The van der Waals surface area contributed by atoms with Crippen LogP contribution >= 0.6 is 0 Å². The van der Waals surface area contributed by atoms with Gasteiger partial charge in [-0.2, -0.15) is 0 Å². The Balaban J connectivity index is 1.23. The van der Waals surface area contributed by atoms with Gasteiger partial charge in [-0.25, -0.2) is 0 Å². The lowest BCUT2D eigenvalue weighted by Crippen LogP contribution is -2.60. The number of hydrogen-bond donors (Lipinski definition) is 0. The number of esters is 2. The molecule has 4 heteroatoms. The van der Waals surface area contributed by atoms with E-state index in [-0.39, 0.29) is 17.4 Å². The first kappa shape index (κ1) is 39.2. The molecule has 0 saturated heterocycles. The normalized spacial score (nSPS) is 33.4. The molecule has 0 radical (unpaired) electrons. The first-order valence-corrected chi connectivity index (χ1v) is 20.8. The summed E-state index contributed by atoms with van der Waals surface area (Å²) in [6.07, 6.45) is 34.6. The first-order valence-electron chi connectivity index (χ1n) is 20.8. The molecule has 3 fully saturated rings. The van der Waals surface area contributed by atoms with Gasteiger partial charge in [0.25, 0.3) is 0 Å². The lowest BCUT2D eigenvalue weighted by Gasteiger charge is -2.63. The maximum atomic E-state index is 13.8. The predicted molar refractivity (Wildman–Crippen MR) is 199 cm³/mol. The number of ether oxygens (including phenoxy) is 2. The molecule has 4 aliphatic carbocycles. The molecule has 3 saturated carbocycles. The molecule has 0 amide bonds. The maximum Gasteiger partial charge on any atom is 0.312 e. The molecule has 1 unspecified atom stereocenters. The van der Waals surface area contributed by atoms with Crippen LogP contribution in [0.1, 0.15) is 189 Å². The fourth-order valence-corrected chi connectivity index (χ4v) is 11.7. The van der Waals surface area contributed by atoms with Crippen LogP contribution in [0.25, 0.3) is 0 Å². The monoisotopic (exact) mass is 667 g/mol. The molecular weight excluding hydrogens is 592 g/mol. The predicted octanol–water partition coefficient (Wildman–Crippen LogP) is 12.7. The molecule has 0 spiro atoms. The van der Waals surface area contributed by atoms with Crippen LogP contribution < -0.4 is 0 Å². The standard InChI is InChI=1S/C44H74O4/c1-7-9-10-11-12-13-14-15-16-17-18-19-20-21-22-24-40(45)48-35-27-31-43(5)39-29-30-42(4)37(34(3)23-8-2)25-26-38(42)36(39)28-32-44(43,33-35)41(46)47-6/h15-16,27,34,36-39H,7-14,17-26,28-33H2,1-6H3/t34-,36+,37-,38+,39+,42-,43-,44?/m1/s1. The Hall–Kier alpha value is -1.58. The zero-order valence-corrected chi connectivity index (χ0v) is 32.2. The SMILES string of the molecule is CCCCCCCCC=CCCCCCCCC(=O)OC1=CC[C@]2(C)[C@H]3CC[C@]4(C)[C@@H]([C@H](C)CCC)CC[C@H]4[C@@H]3CCC2(C(=O)OC)C1. The number of allylic oxidation sites excluding steroid dienone is 4. The summed E-state index contributed by atoms with van der Waals surface area (Å²) in [5.41, 5.74) is -0.318. The van der Waals surface area contributed by atoms with Crippen molar-refractivity contribution in [3.8, 4) is 0 Å². The molecule has 0 aromatic carbocycles. The van der Waals surface area contributed by atoms with Gasteiger partial charge in [-0.3, -0.25) is 9.59 Å². The van der Waals surface area contributed by atoms with Crippen molar-refractivity contribution in [2.24, 2.45) is 45.8 Å². The van der Waals surface area contributed by atoms with Crippen molar-refractivity contribution in [1.29, 1.82) is 0 Å². The molecule has 0 N–H and O–H groups in total. The van der Waals surface area contributed by atoms with E-state index in [2.05, 4.69) is 52.8 Å². The lowest BCUT2D eigenvalue weighted by atomic mass is 9.40. The number of carbonyl (C=O) groups excluding carboxylic acids is 2. The number of carbonyl (C=O) groups is 2. The minimum atomic E-state index is -0.600. The van der Waals surface area contributed by atoms with E-state index >= 15 is 0 Å². The molecule has 4 aliphatic rings. The number of methoxy groups -OCH3 is 1. The Morgan fingerprint density at radius 1 is 0.833 bits per heavy atom. The summed E-state index contributed by atoms with van der Waals surface area (Å²) in [4.78, 5) is 26.7. The second kappa shape index (κ2) is 18.6. The fourth-order valence-electron chi connectivity index (χ4n) is 11.7. The highest BCUT2D eigenvalue weighted by Gasteiger charge is 2.67. The quantitative estimate of drug-likeness (QED) is 0.0737. The van der Waals surface area contributed by atoms with E-state index in [0.29, 0.717) is 35.9 Å². The Kier molecular flexibility index (Phi) is 15.2. The van der Waals surface area contributed by atoms with Crippen molar-refractivity contribution < 1.29 is 19.1 Å². The van der Waals surface area contributed by atoms with Gasteiger partial charge in [-0.1, -0.05) is 111 Å². The highest BCUT2D eigenvalue weighted by molar-refractivity contribution is 5.79. The van der Waals surface area contributed by atoms with Crippen LogP contribution in [0.2, 0.25) is 0 Å². The summed E-state index contributed by atoms with van der Waals surface area (Å²) in [5, 5.41) is 0. The molecule has 0 bridgehead atoms. The van der Waals surface area contributed by atoms with Gasteiger partial charge in [0.15, 0.2) is 0 Å². The zero-order chi connectivity index (χ0) is 34.6. The molecule has 0 heterocycles. The average molecular weight is 667 g/mol. The van der Waals surface area contributed by atoms with Crippen molar-refractivity contribution in [2.45, 2.75) is 189 Å². The lowest BCUT2D eigenvalue weighted by molar-refractivity contribution is -0.190. The Labute approximate surface area is 296 Å². The summed E-state index contributed by atoms with van der Waals surface area (Å²) in [6.45, 7) is 12.1. The third kappa shape index (κ3) is 8.82. The Morgan fingerprint density at radius 3 is 2.17 bits per heavy atom. The van der Waals surface area contributed by atoms with Gasteiger partial charge in [-0.15, -0.1) is 0 Å². The van der Waals surface area contributed by atoms with Crippen LogP contribution in [0, 0.1) is 45.8 Å². The van der Waals surface area contributed by atoms with Crippen LogP contribution in [0.5, 0.6) is 0 Å². The third-order valence-corrected chi connectivity index (χ3v) is 14.5. The third-order valence-electron chi connectivity index (χ3n) is 14.5. The van der Waals surface area contributed by atoms with Crippen LogP contribution in [0.15, 0.2) is 24.0 Å². The molecule has 274 valence electrons. The van der Waals surface area contributed by atoms with Crippen molar-refractivity contribution in [2.75, 3.05) is 7.11 Å². The molecule has 0 aromatic heterocycles. The minimum Gasteiger partial charge on any atom is -0.469 e. The fraction of sp³-hybridized carbons (Fsp3) is 0.864. The van der Waals surface area contributed by atoms with E-state index in [4.69, 9.17) is 9.47 Å². The van der Waals surface area contributed by atoms with Gasteiger partial charge < -0.3 is 9.47 Å². The Bertz CT molecular complexity index is 1080. The molecule has 4 nitrogen and oxygen atoms in total. The van der Waals surface area contributed by atoms with Gasteiger partial charge in [0, 0.05) is 12.8 Å². The van der Waals surface area contributed by atoms with E-state index in [1.807, 2.05) is 0 Å². The van der Waals surface area contributed by atoms with Gasteiger partial charge in [0.1, 0.15) is 5.76 Å². The summed E-state index contributed by atoms with van der Waals surface area (Å²) >= 11 is 0. The average Bonchev–Trinajstić information content (AvgIpc) is 3.43. The number of unbranched alkanes of at least 4 members (excludes halogenated alkanes) is 11. The Morgan fingerprint density at radius 2 is 1.50 bits per heavy atom. The molecule has 48 heavy (non-hydrogen) atoms. The van der Waals surface area contributed by atoms with E-state index < -0.39 is 5.41 Å². The van der Waals surface area contributed by atoms with Crippen LogP contribution in [0.4, 0.5) is 0 Å². The highest BCUT2D eigenvalue weighted by atomic mass is 16.5. The van der Waals surface area contributed by atoms with Crippen molar-refractivity contribution in [1.82, 2.24) is 0 Å². The van der Waals surface area contributed by atoms with E-state index in [0.717, 1.165) is 49.9 Å². The minimum absolute atomic E-state index is 0.0865. The van der Waals surface area contributed by atoms with E-state index in [9.17, 15) is 9.59 Å². The maximum absolute atomic E-state index is 13.8. The molecule has 0 aromatic rings. The number of hydrogen-bond acceptors (Lipinski definition) is 4.